The van der Waals surface area contributed by atoms with Crippen molar-refractivity contribution in [2.45, 2.75) is 38.5 Å². The van der Waals surface area contributed by atoms with Crippen LogP contribution in [0.25, 0.3) is 11.3 Å². The van der Waals surface area contributed by atoms with Crippen LogP contribution in [0, 0.1) is 25.2 Å². The van der Waals surface area contributed by atoms with Crippen molar-refractivity contribution in [3.8, 4) is 17.3 Å². The molecule has 0 amide bonds. The van der Waals surface area contributed by atoms with Gasteiger partial charge in [0.2, 0.25) is 0 Å². The average Bonchev–Trinajstić information content (AvgIpc) is 2.72. The first kappa shape index (κ1) is 12.4. The number of nitriles is 1. The van der Waals surface area contributed by atoms with E-state index >= 15 is 0 Å². The number of aryl methyl sites for hydroxylation is 2. The van der Waals surface area contributed by atoms with Gasteiger partial charge in [-0.05, 0) is 38.7 Å². The second-order valence-electron chi connectivity index (χ2n) is 5.29. The molecule has 1 saturated carbocycles. The normalized spacial score (nSPS) is 16.7. The van der Waals surface area contributed by atoms with Crippen LogP contribution in [0.5, 0.6) is 0 Å². The molecule has 2 aromatic rings. The monoisotopic (exact) mass is 268 g/mol. The molecule has 1 fully saturated rings. The third kappa shape index (κ3) is 1.87. The zero-order valence-corrected chi connectivity index (χ0v) is 12.0. The molecular weight excluding hydrogens is 252 g/mol. The van der Waals surface area contributed by atoms with Gasteiger partial charge in [0.05, 0.1) is 11.8 Å². The van der Waals surface area contributed by atoms with Crippen LogP contribution in [0.3, 0.4) is 0 Å². The molecule has 0 atom stereocenters. The van der Waals surface area contributed by atoms with Gasteiger partial charge in [0.25, 0.3) is 0 Å². The molecule has 2 nitrogen and oxygen atoms in total. The fourth-order valence-corrected chi connectivity index (χ4v) is 3.72. The summed E-state index contributed by atoms with van der Waals surface area (Å²) in [5, 5.41) is 10.4. The molecule has 0 N–H and O–H groups in total. The summed E-state index contributed by atoms with van der Waals surface area (Å²) in [4.78, 5) is 6.02. The van der Waals surface area contributed by atoms with Crippen molar-refractivity contribution in [1.82, 2.24) is 4.98 Å². The highest BCUT2D eigenvalue weighted by Gasteiger charge is 2.42. The van der Waals surface area contributed by atoms with Gasteiger partial charge < -0.3 is 0 Å². The number of aromatic nitrogens is 1. The first-order valence-corrected chi connectivity index (χ1v) is 7.43. The quantitative estimate of drug-likeness (QED) is 0.810. The molecule has 1 aliphatic rings. The Bertz CT molecular complexity index is 660. The molecule has 3 heteroatoms. The van der Waals surface area contributed by atoms with Crippen LogP contribution in [-0.4, -0.2) is 4.98 Å². The topological polar surface area (TPSA) is 36.7 Å². The van der Waals surface area contributed by atoms with Crippen LogP contribution in [0.2, 0.25) is 0 Å². The molecule has 1 aromatic heterocycles. The molecule has 1 aromatic carbocycles. The molecule has 19 heavy (non-hydrogen) atoms. The summed E-state index contributed by atoms with van der Waals surface area (Å²) in [6, 6.07) is 10.8. The SMILES string of the molecule is Cc1ccccc1-c1nc(C2(C#N)CCC2)sc1C. The standard InChI is InChI=1S/C16H16N2S/c1-11-6-3-4-7-13(11)14-12(2)19-15(18-14)16(10-17)8-5-9-16/h3-4,6-7H,5,8-9H2,1-2H3. The molecule has 1 aliphatic carbocycles. The summed E-state index contributed by atoms with van der Waals surface area (Å²) >= 11 is 1.69. The van der Waals surface area contributed by atoms with E-state index in [1.165, 1.54) is 16.0 Å². The zero-order valence-electron chi connectivity index (χ0n) is 11.2. The van der Waals surface area contributed by atoms with E-state index < -0.39 is 0 Å². The molecule has 0 saturated heterocycles. The van der Waals surface area contributed by atoms with Gasteiger partial charge >= 0.3 is 0 Å². The average molecular weight is 268 g/mol. The van der Waals surface area contributed by atoms with Gasteiger partial charge in [0.15, 0.2) is 0 Å². The highest BCUT2D eigenvalue weighted by atomic mass is 32.1. The molecule has 0 spiro atoms. The lowest BCUT2D eigenvalue weighted by molar-refractivity contribution is 0.323. The van der Waals surface area contributed by atoms with Gasteiger partial charge in [-0.3, -0.25) is 0 Å². The number of hydrogen-bond acceptors (Lipinski definition) is 3. The van der Waals surface area contributed by atoms with Gasteiger partial charge in [-0.1, -0.05) is 24.3 Å². The number of hydrogen-bond donors (Lipinski definition) is 0. The zero-order chi connectivity index (χ0) is 13.5. The van der Waals surface area contributed by atoms with Crippen LogP contribution in [0.4, 0.5) is 0 Å². The minimum atomic E-state index is -0.295. The number of benzene rings is 1. The van der Waals surface area contributed by atoms with Crippen LogP contribution in [0.1, 0.15) is 34.7 Å². The van der Waals surface area contributed by atoms with Crippen molar-refractivity contribution >= 4 is 11.3 Å². The number of nitrogens with zero attached hydrogens (tertiary/aromatic N) is 2. The maximum atomic E-state index is 9.43. The Morgan fingerprint density at radius 2 is 2.00 bits per heavy atom. The molecule has 96 valence electrons. The van der Waals surface area contributed by atoms with Gasteiger partial charge in [-0.25, -0.2) is 4.98 Å². The molecule has 1 heterocycles. The Kier molecular flexibility index (Phi) is 2.91. The van der Waals surface area contributed by atoms with E-state index in [-0.39, 0.29) is 5.41 Å². The Hall–Kier alpha value is -1.66. The summed E-state index contributed by atoms with van der Waals surface area (Å²) in [5.74, 6) is 0. The smallest absolute Gasteiger partial charge is 0.114 e. The molecule has 0 unspecified atom stereocenters. The summed E-state index contributed by atoms with van der Waals surface area (Å²) in [7, 11) is 0. The molecule has 0 bridgehead atoms. The van der Waals surface area contributed by atoms with Crippen LogP contribution < -0.4 is 0 Å². The lowest BCUT2D eigenvalue weighted by Crippen LogP contribution is -2.32. The van der Waals surface area contributed by atoms with Crippen molar-refractivity contribution < 1.29 is 0 Å². The summed E-state index contributed by atoms with van der Waals surface area (Å²) < 4.78 is 0. The fraction of sp³-hybridized carbons (Fsp3) is 0.375. The second kappa shape index (κ2) is 4.47. The van der Waals surface area contributed by atoms with E-state index in [4.69, 9.17) is 4.98 Å². The lowest BCUT2D eigenvalue weighted by atomic mass is 9.70. The second-order valence-corrected chi connectivity index (χ2v) is 6.49. The van der Waals surface area contributed by atoms with Crippen molar-refractivity contribution in [2.24, 2.45) is 0 Å². The number of thiazole rings is 1. The highest BCUT2D eigenvalue weighted by Crippen LogP contribution is 2.46. The van der Waals surface area contributed by atoms with Crippen LogP contribution in [-0.2, 0) is 5.41 Å². The lowest BCUT2D eigenvalue weighted by Gasteiger charge is -2.32. The van der Waals surface area contributed by atoms with E-state index in [1.807, 2.05) is 12.1 Å². The first-order chi connectivity index (χ1) is 9.16. The predicted molar refractivity (Wildman–Crippen MR) is 78.2 cm³/mol. The Balaban J connectivity index is 2.08. The van der Waals surface area contributed by atoms with E-state index in [2.05, 4.69) is 32.0 Å². The maximum absolute atomic E-state index is 9.43. The predicted octanol–water partition coefficient (Wildman–Crippen LogP) is 4.37. The molecule has 0 aliphatic heterocycles. The molecular formula is C16H16N2S. The number of rotatable bonds is 2. The summed E-state index contributed by atoms with van der Waals surface area (Å²) in [6.07, 6.45) is 3.07. The highest BCUT2D eigenvalue weighted by molar-refractivity contribution is 7.12. The van der Waals surface area contributed by atoms with Gasteiger partial charge in [0.1, 0.15) is 10.4 Å². The molecule has 0 radical (unpaired) electrons. The van der Waals surface area contributed by atoms with Gasteiger partial charge in [0, 0.05) is 10.4 Å². The van der Waals surface area contributed by atoms with Gasteiger partial charge in [-0.2, -0.15) is 5.26 Å². The summed E-state index contributed by atoms with van der Waals surface area (Å²) in [5.41, 5.74) is 3.19. The Morgan fingerprint density at radius 3 is 2.58 bits per heavy atom. The van der Waals surface area contributed by atoms with Crippen molar-refractivity contribution in [3.63, 3.8) is 0 Å². The minimum absolute atomic E-state index is 0.295. The van der Waals surface area contributed by atoms with Crippen LogP contribution in [0.15, 0.2) is 24.3 Å². The van der Waals surface area contributed by atoms with Crippen molar-refractivity contribution in [3.05, 3.63) is 39.7 Å². The van der Waals surface area contributed by atoms with E-state index in [0.717, 1.165) is 30.0 Å². The largest absolute Gasteiger partial charge is 0.239 e. The first-order valence-electron chi connectivity index (χ1n) is 6.61. The summed E-state index contributed by atoms with van der Waals surface area (Å²) in [6.45, 7) is 4.21. The van der Waals surface area contributed by atoms with E-state index in [1.54, 1.807) is 11.3 Å². The maximum Gasteiger partial charge on any atom is 0.114 e. The Morgan fingerprint density at radius 1 is 1.26 bits per heavy atom. The molecule has 3 rings (SSSR count). The minimum Gasteiger partial charge on any atom is -0.239 e. The van der Waals surface area contributed by atoms with Crippen molar-refractivity contribution in [2.75, 3.05) is 0 Å². The third-order valence-corrected chi connectivity index (χ3v) is 5.20. The third-order valence-electron chi connectivity index (χ3n) is 4.03. The van der Waals surface area contributed by atoms with Crippen molar-refractivity contribution in [1.29, 1.82) is 5.26 Å². The Labute approximate surface area is 117 Å². The van der Waals surface area contributed by atoms with Gasteiger partial charge in [-0.15, -0.1) is 11.3 Å². The van der Waals surface area contributed by atoms with E-state index in [9.17, 15) is 5.26 Å². The van der Waals surface area contributed by atoms with Crippen LogP contribution >= 0.6 is 11.3 Å². The fourth-order valence-electron chi connectivity index (χ4n) is 2.59. The van der Waals surface area contributed by atoms with E-state index in [0.29, 0.717) is 0 Å².